The van der Waals surface area contributed by atoms with Crippen molar-refractivity contribution in [1.29, 1.82) is 0 Å². The maximum Gasteiger partial charge on any atom is 0.243 e. The van der Waals surface area contributed by atoms with Gasteiger partial charge in [0.25, 0.3) is 0 Å². The zero-order chi connectivity index (χ0) is 23.7. The fourth-order valence-corrected chi connectivity index (χ4v) is 7.10. The number of hydrogen-bond acceptors (Lipinski definition) is 5. The summed E-state index contributed by atoms with van der Waals surface area (Å²) in [4.78, 5) is 6.75. The van der Waals surface area contributed by atoms with Crippen LogP contribution in [-0.4, -0.2) is 66.0 Å². The summed E-state index contributed by atoms with van der Waals surface area (Å²) < 4.78 is 28.7. The van der Waals surface area contributed by atoms with Gasteiger partial charge >= 0.3 is 0 Å². The van der Waals surface area contributed by atoms with Crippen LogP contribution in [0, 0.1) is 6.92 Å². The van der Waals surface area contributed by atoms with Crippen LogP contribution >= 0.6 is 0 Å². The third kappa shape index (κ3) is 4.29. The Morgan fingerprint density at radius 1 is 0.971 bits per heavy atom. The number of aliphatic hydroxyl groups excluding tert-OH is 1. The molecule has 3 atom stereocenters. The van der Waals surface area contributed by atoms with Crippen LogP contribution in [0.4, 0.5) is 0 Å². The largest absolute Gasteiger partial charge is 0.395 e. The number of rotatable bonds is 5. The van der Waals surface area contributed by atoms with Gasteiger partial charge in [0.1, 0.15) is 0 Å². The fraction of sp³-hybridized carbons (Fsp3) is 0.370. The van der Waals surface area contributed by atoms with Crippen molar-refractivity contribution in [2.75, 3.05) is 26.2 Å². The van der Waals surface area contributed by atoms with Gasteiger partial charge in [-0.15, -0.1) is 0 Å². The number of aryl methyl sites for hydroxylation is 1. The van der Waals surface area contributed by atoms with Gasteiger partial charge in [0.15, 0.2) is 0 Å². The van der Waals surface area contributed by atoms with Crippen molar-refractivity contribution in [2.45, 2.75) is 42.7 Å². The average Bonchev–Trinajstić information content (AvgIpc) is 2.84. The minimum Gasteiger partial charge on any atom is -0.395 e. The summed E-state index contributed by atoms with van der Waals surface area (Å²) in [6, 6.07) is 19.6. The molecule has 0 radical (unpaired) electrons. The lowest BCUT2D eigenvalue weighted by Gasteiger charge is -2.57. The van der Waals surface area contributed by atoms with Crippen LogP contribution in [0.15, 0.2) is 78.0 Å². The van der Waals surface area contributed by atoms with Gasteiger partial charge in [-0.25, -0.2) is 8.42 Å². The van der Waals surface area contributed by atoms with E-state index in [2.05, 4.69) is 34.1 Å². The van der Waals surface area contributed by atoms with E-state index in [1.165, 1.54) is 0 Å². The lowest BCUT2D eigenvalue weighted by molar-refractivity contribution is -0.0553. The van der Waals surface area contributed by atoms with Crippen molar-refractivity contribution < 1.29 is 13.5 Å². The van der Waals surface area contributed by atoms with Crippen molar-refractivity contribution in [3.05, 3.63) is 84.2 Å². The van der Waals surface area contributed by atoms with Crippen LogP contribution < -0.4 is 0 Å². The summed E-state index contributed by atoms with van der Waals surface area (Å²) in [6.45, 7) is 3.83. The van der Waals surface area contributed by atoms with E-state index in [-0.39, 0.29) is 24.6 Å². The highest BCUT2D eigenvalue weighted by molar-refractivity contribution is 7.89. The highest BCUT2D eigenvalue weighted by atomic mass is 32.2. The SMILES string of the molecule is Cc1cccc(S(=O)(=O)N2CCCCN3[C@H](CO)[C@H](c4ccc(-c5ccncc5)cc4)[C@@H]3C2)c1. The molecule has 34 heavy (non-hydrogen) atoms. The van der Waals surface area contributed by atoms with Gasteiger partial charge < -0.3 is 5.11 Å². The molecule has 6 nitrogen and oxygen atoms in total. The van der Waals surface area contributed by atoms with Crippen molar-refractivity contribution >= 4 is 10.0 Å². The monoisotopic (exact) mass is 477 g/mol. The second-order valence-corrected chi connectivity index (χ2v) is 11.3. The molecule has 7 heteroatoms. The van der Waals surface area contributed by atoms with E-state index < -0.39 is 10.0 Å². The molecule has 5 rings (SSSR count). The number of aromatic nitrogens is 1. The lowest BCUT2D eigenvalue weighted by Crippen LogP contribution is -2.67. The summed E-state index contributed by atoms with van der Waals surface area (Å²) >= 11 is 0. The molecule has 0 aliphatic carbocycles. The van der Waals surface area contributed by atoms with Gasteiger partial charge in [0.2, 0.25) is 10.0 Å². The molecule has 178 valence electrons. The number of sulfonamides is 1. The summed E-state index contributed by atoms with van der Waals surface area (Å²) in [7, 11) is -3.58. The molecule has 2 aliphatic heterocycles. The predicted molar refractivity (Wildman–Crippen MR) is 133 cm³/mol. The lowest BCUT2D eigenvalue weighted by atomic mass is 9.74. The zero-order valence-electron chi connectivity index (χ0n) is 19.4. The Kier molecular flexibility index (Phi) is 6.53. The molecule has 2 aromatic carbocycles. The second kappa shape index (κ2) is 9.58. The number of fused-ring (bicyclic) bond motifs is 1. The van der Waals surface area contributed by atoms with Gasteiger partial charge in [0, 0.05) is 43.5 Å². The first-order chi connectivity index (χ1) is 16.5. The third-order valence-corrected chi connectivity index (χ3v) is 9.13. The highest BCUT2D eigenvalue weighted by Crippen LogP contribution is 2.43. The summed E-state index contributed by atoms with van der Waals surface area (Å²) in [5.74, 6) is 0.0878. The van der Waals surface area contributed by atoms with Crippen LogP contribution in [0.3, 0.4) is 0 Å². The normalized spacial score (nSPS) is 24.0. The van der Waals surface area contributed by atoms with E-state index >= 15 is 0 Å². The number of pyridine rings is 1. The van der Waals surface area contributed by atoms with Gasteiger partial charge in [-0.05, 0) is 72.8 Å². The first-order valence-electron chi connectivity index (χ1n) is 11.9. The molecule has 2 fully saturated rings. The maximum atomic E-state index is 13.5. The molecular weight excluding hydrogens is 446 g/mol. The molecule has 1 N–H and O–H groups in total. The molecule has 1 aromatic heterocycles. The first kappa shape index (κ1) is 23.2. The average molecular weight is 478 g/mol. The van der Waals surface area contributed by atoms with Crippen LogP contribution in [0.25, 0.3) is 11.1 Å². The van der Waals surface area contributed by atoms with Gasteiger partial charge in [-0.3, -0.25) is 9.88 Å². The second-order valence-electron chi connectivity index (χ2n) is 9.33. The highest BCUT2D eigenvalue weighted by Gasteiger charge is 2.50. The Morgan fingerprint density at radius 3 is 2.38 bits per heavy atom. The minimum atomic E-state index is -3.58. The Balaban J connectivity index is 1.43. The minimum absolute atomic E-state index is 0.0124. The van der Waals surface area contributed by atoms with Gasteiger partial charge in [-0.1, -0.05) is 36.4 Å². The van der Waals surface area contributed by atoms with Crippen molar-refractivity contribution in [2.24, 2.45) is 0 Å². The van der Waals surface area contributed by atoms with Crippen LogP contribution in [-0.2, 0) is 10.0 Å². The molecule has 0 amide bonds. The number of nitrogens with zero attached hydrogens (tertiary/aromatic N) is 3. The van der Waals surface area contributed by atoms with Crippen LogP contribution in [0.2, 0.25) is 0 Å². The van der Waals surface area contributed by atoms with Gasteiger partial charge in [0.05, 0.1) is 11.5 Å². The smallest absolute Gasteiger partial charge is 0.243 e. The van der Waals surface area contributed by atoms with E-state index in [0.717, 1.165) is 41.6 Å². The summed E-state index contributed by atoms with van der Waals surface area (Å²) in [6.07, 6.45) is 5.30. The Bertz CT molecular complexity index is 1230. The molecule has 0 bridgehead atoms. The number of hydrogen-bond donors (Lipinski definition) is 1. The first-order valence-corrected chi connectivity index (χ1v) is 13.4. The van der Waals surface area contributed by atoms with Crippen LogP contribution in [0.5, 0.6) is 0 Å². The maximum absolute atomic E-state index is 13.5. The summed E-state index contributed by atoms with van der Waals surface area (Å²) in [5, 5.41) is 10.2. The van der Waals surface area contributed by atoms with E-state index in [1.54, 1.807) is 34.9 Å². The number of benzene rings is 2. The standard InChI is InChI=1S/C27H31N3O3S/c1-20-5-4-6-24(17-20)34(32,33)29-15-2-3-16-30-25(18-29)27(26(30)19-31)23-9-7-21(8-10-23)22-11-13-28-14-12-22/h4-14,17,25-27,31H,2-3,15-16,18-19H2,1H3/t25-,26+,27+/m0/s1. The van der Waals surface area contributed by atoms with E-state index in [9.17, 15) is 13.5 Å². The molecule has 0 spiro atoms. The van der Waals surface area contributed by atoms with Gasteiger partial charge in [-0.2, -0.15) is 4.31 Å². The van der Waals surface area contributed by atoms with E-state index in [1.807, 2.05) is 25.1 Å². The molecule has 3 aromatic rings. The quantitative estimate of drug-likeness (QED) is 0.607. The Labute approximate surface area is 201 Å². The molecule has 0 saturated carbocycles. The Hall–Kier alpha value is -2.58. The van der Waals surface area contributed by atoms with Crippen LogP contribution in [0.1, 0.15) is 29.9 Å². The summed E-state index contributed by atoms with van der Waals surface area (Å²) in [5.41, 5.74) is 4.30. The molecule has 2 saturated heterocycles. The topological polar surface area (TPSA) is 73.7 Å². The molecule has 2 aliphatic rings. The predicted octanol–water partition coefficient (Wildman–Crippen LogP) is 3.67. The third-order valence-electron chi connectivity index (χ3n) is 7.27. The molecule has 0 unspecified atom stereocenters. The van der Waals surface area contributed by atoms with E-state index in [4.69, 9.17) is 0 Å². The Morgan fingerprint density at radius 2 is 1.68 bits per heavy atom. The van der Waals surface area contributed by atoms with Crippen molar-refractivity contribution in [3.63, 3.8) is 0 Å². The fourth-order valence-electron chi connectivity index (χ4n) is 5.49. The van der Waals surface area contributed by atoms with E-state index in [0.29, 0.717) is 18.0 Å². The molecular formula is C27H31N3O3S. The van der Waals surface area contributed by atoms with Crippen molar-refractivity contribution in [1.82, 2.24) is 14.2 Å². The molecule has 3 heterocycles. The number of aliphatic hydroxyl groups is 1. The zero-order valence-corrected chi connectivity index (χ0v) is 20.2. The van der Waals surface area contributed by atoms with Crippen molar-refractivity contribution in [3.8, 4) is 11.1 Å².